The van der Waals surface area contributed by atoms with Crippen LogP contribution in [-0.2, 0) is 0 Å². The molecule has 0 radical (unpaired) electrons. The largest absolute Gasteiger partial charge is 0.493 e. The molecule has 0 atom stereocenters. The van der Waals surface area contributed by atoms with Gasteiger partial charge in [-0.3, -0.25) is 9.59 Å². The predicted molar refractivity (Wildman–Crippen MR) is 109 cm³/mol. The monoisotopic (exact) mass is 384 g/mol. The lowest BCUT2D eigenvalue weighted by molar-refractivity contribution is 0.0927. The van der Waals surface area contributed by atoms with Crippen molar-refractivity contribution in [1.29, 1.82) is 0 Å². The van der Waals surface area contributed by atoms with Crippen LogP contribution in [0.1, 0.15) is 41.0 Å². The van der Waals surface area contributed by atoms with Crippen molar-refractivity contribution in [2.45, 2.75) is 20.3 Å². The fraction of sp³-hybridized carbons (Fsp3) is 0.364. The van der Waals surface area contributed by atoms with E-state index in [2.05, 4.69) is 24.5 Å². The highest BCUT2D eigenvalue weighted by Gasteiger charge is 2.11. The van der Waals surface area contributed by atoms with Gasteiger partial charge in [0.05, 0.1) is 13.7 Å². The molecule has 28 heavy (non-hydrogen) atoms. The topological polar surface area (TPSA) is 76.7 Å². The molecular weight excluding hydrogens is 356 g/mol. The number of methoxy groups -OCH3 is 1. The first-order chi connectivity index (χ1) is 13.5. The number of hydrogen-bond donors (Lipinski definition) is 2. The number of rotatable bonds is 10. The van der Waals surface area contributed by atoms with E-state index < -0.39 is 0 Å². The lowest BCUT2D eigenvalue weighted by Gasteiger charge is -2.13. The molecule has 2 aromatic carbocycles. The standard InChI is InChI=1S/C22H28N2O4/c1-16(2)11-14-28-19-10-9-18(15-20(19)27-3)22(26)24-13-12-23-21(25)17-7-5-4-6-8-17/h4-10,15-16H,11-14H2,1-3H3,(H,23,25)(H,24,26). The van der Waals surface area contributed by atoms with Crippen molar-refractivity contribution >= 4 is 11.8 Å². The summed E-state index contributed by atoms with van der Waals surface area (Å²) in [6, 6.07) is 14.0. The van der Waals surface area contributed by atoms with Gasteiger partial charge in [0.2, 0.25) is 0 Å². The zero-order chi connectivity index (χ0) is 20.4. The molecule has 150 valence electrons. The van der Waals surface area contributed by atoms with E-state index in [-0.39, 0.29) is 11.8 Å². The first-order valence-electron chi connectivity index (χ1n) is 9.43. The summed E-state index contributed by atoms with van der Waals surface area (Å²) in [4.78, 5) is 24.3. The van der Waals surface area contributed by atoms with Gasteiger partial charge >= 0.3 is 0 Å². The first-order valence-corrected chi connectivity index (χ1v) is 9.43. The second-order valence-corrected chi connectivity index (χ2v) is 6.77. The molecule has 2 aromatic rings. The molecule has 0 fully saturated rings. The number of hydrogen-bond acceptors (Lipinski definition) is 4. The zero-order valence-corrected chi connectivity index (χ0v) is 16.7. The van der Waals surface area contributed by atoms with Gasteiger partial charge in [-0.2, -0.15) is 0 Å². The Morgan fingerprint density at radius 2 is 1.54 bits per heavy atom. The number of carbonyl (C=O) groups is 2. The van der Waals surface area contributed by atoms with Crippen molar-refractivity contribution in [3.63, 3.8) is 0 Å². The Labute approximate surface area is 166 Å². The highest BCUT2D eigenvalue weighted by atomic mass is 16.5. The molecule has 0 aromatic heterocycles. The van der Waals surface area contributed by atoms with E-state index in [1.165, 1.54) is 0 Å². The second kappa shape index (κ2) is 11.0. The van der Waals surface area contributed by atoms with Crippen LogP contribution < -0.4 is 20.1 Å². The third-order valence-electron chi connectivity index (χ3n) is 4.11. The number of nitrogens with one attached hydrogen (secondary N) is 2. The van der Waals surface area contributed by atoms with Gasteiger partial charge in [0.1, 0.15) is 0 Å². The third kappa shape index (κ3) is 6.61. The van der Waals surface area contributed by atoms with E-state index in [0.29, 0.717) is 48.2 Å². The minimum absolute atomic E-state index is 0.167. The third-order valence-corrected chi connectivity index (χ3v) is 4.11. The van der Waals surface area contributed by atoms with E-state index in [9.17, 15) is 9.59 Å². The van der Waals surface area contributed by atoms with Crippen LogP contribution in [0.5, 0.6) is 11.5 Å². The Morgan fingerprint density at radius 3 is 2.14 bits per heavy atom. The molecule has 6 nitrogen and oxygen atoms in total. The molecule has 2 N–H and O–H groups in total. The zero-order valence-electron chi connectivity index (χ0n) is 16.7. The molecule has 0 saturated heterocycles. The van der Waals surface area contributed by atoms with Gasteiger partial charge in [-0.05, 0) is 42.7 Å². The molecule has 0 unspecified atom stereocenters. The van der Waals surface area contributed by atoms with Gasteiger partial charge < -0.3 is 20.1 Å². The molecular formula is C22H28N2O4. The second-order valence-electron chi connectivity index (χ2n) is 6.77. The SMILES string of the molecule is COc1cc(C(=O)NCCNC(=O)c2ccccc2)ccc1OCCC(C)C. The molecule has 0 heterocycles. The average Bonchev–Trinajstić information content (AvgIpc) is 2.71. The van der Waals surface area contributed by atoms with Crippen LogP contribution in [-0.4, -0.2) is 38.6 Å². The summed E-state index contributed by atoms with van der Waals surface area (Å²) in [7, 11) is 1.55. The minimum Gasteiger partial charge on any atom is -0.493 e. The van der Waals surface area contributed by atoms with Crippen LogP contribution in [0, 0.1) is 5.92 Å². The molecule has 0 spiro atoms. The average molecular weight is 384 g/mol. The molecule has 2 rings (SSSR count). The maximum Gasteiger partial charge on any atom is 0.251 e. The maximum atomic E-state index is 12.3. The van der Waals surface area contributed by atoms with Gasteiger partial charge in [-0.25, -0.2) is 0 Å². The van der Waals surface area contributed by atoms with Gasteiger partial charge in [0.15, 0.2) is 11.5 Å². The van der Waals surface area contributed by atoms with E-state index >= 15 is 0 Å². The fourth-order valence-electron chi connectivity index (χ4n) is 2.48. The first kappa shape index (κ1) is 21.3. The van der Waals surface area contributed by atoms with E-state index in [4.69, 9.17) is 9.47 Å². The van der Waals surface area contributed by atoms with E-state index in [1.807, 2.05) is 6.07 Å². The summed E-state index contributed by atoms with van der Waals surface area (Å²) in [5.41, 5.74) is 1.06. The Kier molecular flexibility index (Phi) is 8.34. The Balaban J connectivity index is 1.82. The minimum atomic E-state index is -0.235. The molecule has 0 aliphatic rings. The van der Waals surface area contributed by atoms with Crippen molar-refractivity contribution in [2.75, 3.05) is 26.8 Å². The van der Waals surface area contributed by atoms with Crippen molar-refractivity contribution in [1.82, 2.24) is 10.6 Å². The van der Waals surface area contributed by atoms with Crippen LogP contribution >= 0.6 is 0 Å². The van der Waals surface area contributed by atoms with Crippen molar-refractivity contribution in [2.24, 2.45) is 5.92 Å². The van der Waals surface area contributed by atoms with Gasteiger partial charge in [-0.15, -0.1) is 0 Å². The van der Waals surface area contributed by atoms with Crippen molar-refractivity contribution in [3.05, 3.63) is 59.7 Å². The summed E-state index contributed by atoms with van der Waals surface area (Å²) in [5, 5.41) is 5.56. The molecule has 6 heteroatoms. The Bertz CT molecular complexity index is 775. The lowest BCUT2D eigenvalue weighted by Crippen LogP contribution is -2.34. The van der Waals surface area contributed by atoms with Gasteiger partial charge in [-0.1, -0.05) is 32.0 Å². The van der Waals surface area contributed by atoms with Crippen molar-refractivity contribution in [3.8, 4) is 11.5 Å². The van der Waals surface area contributed by atoms with Gasteiger partial charge in [0, 0.05) is 24.2 Å². The fourth-order valence-corrected chi connectivity index (χ4v) is 2.48. The molecule has 2 amide bonds. The van der Waals surface area contributed by atoms with Gasteiger partial charge in [0.25, 0.3) is 11.8 Å². The number of carbonyl (C=O) groups excluding carboxylic acids is 2. The van der Waals surface area contributed by atoms with E-state index in [0.717, 1.165) is 6.42 Å². The maximum absolute atomic E-state index is 12.3. The lowest BCUT2D eigenvalue weighted by atomic mass is 10.1. The number of ether oxygens (including phenoxy) is 2. The normalized spacial score (nSPS) is 10.4. The smallest absolute Gasteiger partial charge is 0.251 e. The summed E-state index contributed by atoms with van der Waals surface area (Å²) < 4.78 is 11.1. The highest BCUT2D eigenvalue weighted by Crippen LogP contribution is 2.28. The molecule has 0 saturated carbocycles. The van der Waals surface area contributed by atoms with Crippen LogP contribution in [0.25, 0.3) is 0 Å². The summed E-state index contributed by atoms with van der Waals surface area (Å²) in [6.45, 7) is 5.53. The summed E-state index contributed by atoms with van der Waals surface area (Å²) in [5.74, 6) is 1.29. The van der Waals surface area contributed by atoms with Crippen LogP contribution in [0.15, 0.2) is 48.5 Å². The van der Waals surface area contributed by atoms with Crippen LogP contribution in [0.4, 0.5) is 0 Å². The quantitative estimate of drug-likeness (QED) is 0.617. The summed E-state index contributed by atoms with van der Waals surface area (Å²) in [6.07, 6.45) is 0.945. The summed E-state index contributed by atoms with van der Waals surface area (Å²) >= 11 is 0. The highest BCUT2D eigenvalue weighted by molar-refractivity contribution is 5.95. The Morgan fingerprint density at radius 1 is 0.893 bits per heavy atom. The predicted octanol–water partition coefficient (Wildman–Crippen LogP) is 3.28. The van der Waals surface area contributed by atoms with Crippen LogP contribution in [0.3, 0.4) is 0 Å². The number of amides is 2. The van der Waals surface area contributed by atoms with E-state index in [1.54, 1.807) is 49.6 Å². The molecule has 0 aliphatic heterocycles. The Hall–Kier alpha value is -3.02. The molecule has 0 bridgehead atoms. The molecule has 0 aliphatic carbocycles. The van der Waals surface area contributed by atoms with Crippen LogP contribution in [0.2, 0.25) is 0 Å². The number of benzene rings is 2. The van der Waals surface area contributed by atoms with Crippen molar-refractivity contribution < 1.29 is 19.1 Å².